The molecule has 0 aromatic heterocycles. The Balaban J connectivity index is 2.41. The second-order valence-corrected chi connectivity index (χ2v) is 6.13. The molecule has 0 heterocycles. The molecule has 0 saturated heterocycles. The minimum absolute atomic E-state index is 0.190. The van der Waals surface area contributed by atoms with Crippen LogP contribution in [0.3, 0.4) is 0 Å². The number of halogens is 2. The summed E-state index contributed by atoms with van der Waals surface area (Å²) in [4.78, 5) is 10.6. The maximum absolute atomic E-state index is 13.7. The molecule has 0 saturated carbocycles. The predicted molar refractivity (Wildman–Crippen MR) is 75.6 cm³/mol. The lowest BCUT2D eigenvalue weighted by atomic mass is 10.2. The van der Waals surface area contributed by atoms with Gasteiger partial charge in [0.05, 0.1) is 21.2 Å². The van der Waals surface area contributed by atoms with Crippen LogP contribution in [0.2, 0.25) is 5.02 Å². The fraction of sp³-hybridized carbons (Fsp3) is 0. The third-order valence-electron chi connectivity index (χ3n) is 2.59. The first-order valence-electron chi connectivity index (χ1n) is 5.61. The fourth-order valence-corrected chi connectivity index (χ4v) is 2.86. The number of benzene rings is 2. The highest BCUT2D eigenvalue weighted by Gasteiger charge is 2.18. The normalized spacial score (nSPS) is 11.1. The molecule has 0 unspecified atom stereocenters. The van der Waals surface area contributed by atoms with Crippen molar-refractivity contribution in [2.75, 3.05) is 4.72 Å². The smallest absolute Gasteiger partial charge is 0.335 e. The molecule has 110 valence electrons. The van der Waals surface area contributed by atoms with E-state index in [-0.39, 0.29) is 21.2 Å². The Hall–Kier alpha value is -2.12. The molecule has 2 aromatic carbocycles. The van der Waals surface area contributed by atoms with Crippen LogP contribution in [0.4, 0.5) is 10.1 Å². The molecule has 0 amide bonds. The molecule has 0 bridgehead atoms. The van der Waals surface area contributed by atoms with E-state index in [0.29, 0.717) is 0 Å². The molecule has 8 heteroatoms. The highest BCUT2D eigenvalue weighted by molar-refractivity contribution is 7.92. The first-order chi connectivity index (χ1) is 9.81. The van der Waals surface area contributed by atoms with Crippen molar-refractivity contribution in [2.24, 2.45) is 0 Å². The topological polar surface area (TPSA) is 83.5 Å². The maximum atomic E-state index is 13.7. The molecular weight excluding hydrogens is 321 g/mol. The van der Waals surface area contributed by atoms with E-state index in [1.54, 1.807) is 0 Å². The van der Waals surface area contributed by atoms with Gasteiger partial charge in [-0.05, 0) is 30.3 Å². The summed E-state index contributed by atoms with van der Waals surface area (Å²) in [6.45, 7) is 0. The molecule has 21 heavy (non-hydrogen) atoms. The van der Waals surface area contributed by atoms with Crippen LogP contribution in [0, 0.1) is 5.82 Å². The lowest BCUT2D eigenvalue weighted by molar-refractivity contribution is 0.0696. The number of aromatic carboxylic acids is 1. The Labute approximate surface area is 125 Å². The average Bonchev–Trinajstić information content (AvgIpc) is 2.44. The van der Waals surface area contributed by atoms with Gasteiger partial charge in [0.2, 0.25) is 0 Å². The number of nitrogens with one attached hydrogen (secondary N) is 1. The van der Waals surface area contributed by atoms with Gasteiger partial charge >= 0.3 is 5.97 Å². The zero-order valence-electron chi connectivity index (χ0n) is 10.4. The van der Waals surface area contributed by atoms with E-state index in [2.05, 4.69) is 0 Å². The van der Waals surface area contributed by atoms with Crippen LogP contribution in [-0.4, -0.2) is 19.5 Å². The number of sulfonamides is 1. The molecule has 0 spiro atoms. The number of carboxylic acids is 1. The van der Waals surface area contributed by atoms with E-state index in [1.807, 2.05) is 4.72 Å². The Morgan fingerprint density at radius 1 is 1.19 bits per heavy atom. The van der Waals surface area contributed by atoms with Crippen molar-refractivity contribution < 1.29 is 22.7 Å². The molecule has 0 atom stereocenters. The molecule has 2 N–H and O–H groups in total. The zero-order chi connectivity index (χ0) is 15.6. The highest BCUT2D eigenvalue weighted by Crippen LogP contribution is 2.24. The van der Waals surface area contributed by atoms with E-state index in [4.69, 9.17) is 16.7 Å². The Morgan fingerprint density at radius 3 is 2.52 bits per heavy atom. The van der Waals surface area contributed by atoms with Crippen LogP contribution in [0.1, 0.15) is 10.4 Å². The summed E-state index contributed by atoms with van der Waals surface area (Å²) in [5.41, 5.74) is -0.507. The van der Waals surface area contributed by atoms with Gasteiger partial charge in [0.25, 0.3) is 10.0 Å². The predicted octanol–water partition coefficient (Wildman–Crippen LogP) is 2.98. The van der Waals surface area contributed by atoms with Crippen molar-refractivity contribution in [3.05, 3.63) is 58.9 Å². The molecule has 0 aliphatic heterocycles. The number of hydrogen-bond acceptors (Lipinski definition) is 3. The van der Waals surface area contributed by atoms with Crippen LogP contribution >= 0.6 is 11.6 Å². The van der Waals surface area contributed by atoms with Gasteiger partial charge < -0.3 is 5.11 Å². The Bertz CT molecular complexity index is 808. The van der Waals surface area contributed by atoms with E-state index in [1.165, 1.54) is 36.4 Å². The Kier molecular flexibility index (Phi) is 4.15. The summed E-state index contributed by atoms with van der Waals surface area (Å²) in [6, 6.07) is 8.59. The minimum atomic E-state index is -4.12. The molecule has 5 nitrogen and oxygen atoms in total. The first-order valence-corrected chi connectivity index (χ1v) is 7.47. The summed E-state index contributed by atoms with van der Waals surface area (Å²) in [5.74, 6) is -2.17. The maximum Gasteiger partial charge on any atom is 0.335 e. The van der Waals surface area contributed by atoms with Gasteiger partial charge in [-0.15, -0.1) is 0 Å². The number of carboxylic acid groups (broad SMARTS) is 1. The van der Waals surface area contributed by atoms with Crippen molar-refractivity contribution in [3.63, 3.8) is 0 Å². The van der Waals surface area contributed by atoms with Crippen molar-refractivity contribution in [3.8, 4) is 0 Å². The number of anilines is 1. The molecule has 2 aromatic rings. The van der Waals surface area contributed by atoms with Crippen molar-refractivity contribution in [2.45, 2.75) is 4.90 Å². The minimum Gasteiger partial charge on any atom is -0.478 e. The summed E-state index contributed by atoms with van der Waals surface area (Å²) in [5, 5.41) is 8.63. The van der Waals surface area contributed by atoms with Crippen molar-refractivity contribution in [1.82, 2.24) is 0 Å². The molecule has 0 radical (unpaired) electrons. The van der Waals surface area contributed by atoms with Gasteiger partial charge in [0, 0.05) is 0 Å². The van der Waals surface area contributed by atoms with Gasteiger partial charge in [-0.2, -0.15) is 0 Å². The summed E-state index contributed by atoms with van der Waals surface area (Å²) in [6.07, 6.45) is 0. The second kappa shape index (κ2) is 5.71. The van der Waals surface area contributed by atoms with Crippen LogP contribution in [0.5, 0.6) is 0 Å². The average molecular weight is 330 g/mol. The number of rotatable bonds is 4. The SMILES string of the molecule is O=C(O)c1cccc(S(=O)(=O)Nc2cccc(Cl)c2F)c1. The molecule has 0 aliphatic rings. The van der Waals surface area contributed by atoms with E-state index >= 15 is 0 Å². The molecule has 0 aliphatic carbocycles. The monoisotopic (exact) mass is 329 g/mol. The highest BCUT2D eigenvalue weighted by atomic mass is 35.5. The van der Waals surface area contributed by atoms with Gasteiger partial charge in [0.15, 0.2) is 5.82 Å². The van der Waals surface area contributed by atoms with Crippen LogP contribution in [0.15, 0.2) is 47.4 Å². The Morgan fingerprint density at radius 2 is 1.86 bits per heavy atom. The quantitative estimate of drug-likeness (QED) is 0.903. The van der Waals surface area contributed by atoms with Crippen molar-refractivity contribution in [1.29, 1.82) is 0 Å². The van der Waals surface area contributed by atoms with Gasteiger partial charge in [-0.3, -0.25) is 4.72 Å². The van der Waals surface area contributed by atoms with Gasteiger partial charge in [-0.25, -0.2) is 17.6 Å². The lowest BCUT2D eigenvalue weighted by Gasteiger charge is -2.10. The van der Waals surface area contributed by atoms with E-state index in [0.717, 1.165) is 6.07 Å². The first kappa shape index (κ1) is 15.3. The van der Waals surface area contributed by atoms with Crippen molar-refractivity contribution >= 4 is 33.3 Å². The second-order valence-electron chi connectivity index (χ2n) is 4.04. The van der Waals surface area contributed by atoms with Crippen LogP contribution in [0.25, 0.3) is 0 Å². The standard InChI is InChI=1S/C13H9ClFNO4S/c14-10-5-2-6-11(12(10)15)16-21(19,20)9-4-1-3-8(7-9)13(17)18/h1-7,16H,(H,17,18). The molecule has 0 fully saturated rings. The molecular formula is C13H9ClFNO4S. The third kappa shape index (κ3) is 3.32. The van der Waals surface area contributed by atoms with E-state index < -0.39 is 21.8 Å². The summed E-state index contributed by atoms with van der Waals surface area (Å²) in [7, 11) is -4.12. The summed E-state index contributed by atoms with van der Waals surface area (Å²) < 4.78 is 40.0. The van der Waals surface area contributed by atoms with Crippen LogP contribution in [-0.2, 0) is 10.0 Å². The molecule has 2 rings (SSSR count). The summed E-state index contributed by atoms with van der Waals surface area (Å²) >= 11 is 5.57. The number of hydrogen-bond donors (Lipinski definition) is 2. The van der Waals surface area contributed by atoms with E-state index in [9.17, 15) is 17.6 Å². The largest absolute Gasteiger partial charge is 0.478 e. The fourth-order valence-electron chi connectivity index (χ4n) is 1.58. The third-order valence-corrected chi connectivity index (χ3v) is 4.24. The van der Waals surface area contributed by atoms with Gasteiger partial charge in [-0.1, -0.05) is 23.7 Å². The van der Waals surface area contributed by atoms with Crippen LogP contribution < -0.4 is 4.72 Å². The van der Waals surface area contributed by atoms with Gasteiger partial charge in [0.1, 0.15) is 0 Å². The zero-order valence-corrected chi connectivity index (χ0v) is 12.0. The number of carbonyl (C=O) groups is 1. The lowest BCUT2D eigenvalue weighted by Crippen LogP contribution is -2.14.